The lowest BCUT2D eigenvalue weighted by Crippen LogP contribution is -2.50. The van der Waals surface area contributed by atoms with Crippen molar-refractivity contribution in [3.05, 3.63) is 59.1 Å². The highest BCUT2D eigenvalue weighted by molar-refractivity contribution is 6.30. The van der Waals surface area contributed by atoms with E-state index in [0.717, 1.165) is 48.7 Å². The summed E-state index contributed by atoms with van der Waals surface area (Å²) >= 11 is 5.93. The van der Waals surface area contributed by atoms with Crippen LogP contribution < -0.4 is 10.1 Å². The predicted molar refractivity (Wildman–Crippen MR) is 106 cm³/mol. The van der Waals surface area contributed by atoms with E-state index in [0.29, 0.717) is 0 Å². The summed E-state index contributed by atoms with van der Waals surface area (Å²) in [6, 6.07) is 16.6. The van der Waals surface area contributed by atoms with Gasteiger partial charge in [0.15, 0.2) is 0 Å². The molecular weight excluding hydrogens is 346 g/mol. The molecule has 138 valence electrons. The van der Waals surface area contributed by atoms with Crippen LogP contribution in [0.4, 0.5) is 0 Å². The predicted octanol–water partition coefficient (Wildman–Crippen LogP) is 3.61. The van der Waals surface area contributed by atoms with Crippen molar-refractivity contribution in [2.24, 2.45) is 0 Å². The van der Waals surface area contributed by atoms with Crippen molar-refractivity contribution in [3.63, 3.8) is 0 Å². The number of nitrogens with one attached hydrogen (secondary N) is 1. The van der Waals surface area contributed by atoms with Gasteiger partial charge in [-0.2, -0.15) is 0 Å². The SMILES string of the molecule is Clc1ccc(Oc2cccc(CN3CCN([C@H]4CCNC4)CC3)c2)cc1. The first-order valence-corrected chi connectivity index (χ1v) is 9.83. The highest BCUT2D eigenvalue weighted by atomic mass is 35.5. The largest absolute Gasteiger partial charge is 0.457 e. The summed E-state index contributed by atoms with van der Waals surface area (Å²) in [5.41, 5.74) is 1.30. The molecule has 2 aliphatic rings. The third-order valence-electron chi connectivity index (χ3n) is 5.31. The summed E-state index contributed by atoms with van der Waals surface area (Å²) in [5.74, 6) is 1.69. The quantitative estimate of drug-likeness (QED) is 0.868. The lowest BCUT2D eigenvalue weighted by Gasteiger charge is -2.37. The lowest BCUT2D eigenvalue weighted by atomic mass is 10.1. The van der Waals surface area contributed by atoms with Crippen molar-refractivity contribution >= 4 is 11.6 Å². The highest BCUT2D eigenvalue weighted by Gasteiger charge is 2.25. The molecule has 2 fully saturated rings. The van der Waals surface area contributed by atoms with E-state index in [2.05, 4.69) is 33.3 Å². The van der Waals surface area contributed by atoms with E-state index in [4.69, 9.17) is 16.3 Å². The molecule has 2 aromatic rings. The van der Waals surface area contributed by atoms with Crippen LogP contribution >= 0.6 is 11.6 Å². The van der Waals surface area contributed by atoms with E-state index in [-0.39, 0.29) is 0 Å². The number of benzene rings is 2. The Bertz CT molecular complexity index is 707. The van der Waals surface area contributed by atoms with E-state index >= 15 is 0 Å². The Labute approximate surface area is 160 Å². The Morgan fingerprint density at radius 2 is 1.81 bits per heavy atom. The summed E-state index contributed by atoms with van der Waals surface area (Å²) in [4.78, 5) is 5.19. The van der Waals surface area contributed by atoms with E-state index in [1.807, 2.05) is 30.3 Å². The molecule has 0 aliphatic carbocycles. The van der Waals surface area contributed by atoms with E-state index in [1.165, 1.54) is 31.6 Å². The van der Waals surface area contributed by atoms with Gasteiger partial charge in [-0.1, -0.05) is 23.7 Å². The molecule has 5 heteroatoms. The molecule has 26 heavy (non-hydrogen) atoms. The summed E-state index contributed by atoms with van der Waals surface area (Å²) < 4.78 is 5.96. The third-order valence-corrected chi connectivity index (χ3v) is 5.56. The molecule has 0 unspecified atom stereocenters. The summed E-state index contributed by atoms with van der Waals surface area (Å²) in [7, 11) is 0. The first kappa shape index (κ1) is 17.8. The van der Waals surface area contributed by atoms with Crippen molar-refractivity contribution in [1.82, 2.24) is 15.1 Å². The molecule has 1 N–H and O–H groups in total. The number of hydrogen-bond donors (Lipinski definition) is 1. The second-order valence-corrected chi connectivity index (χ2v) is 7.60. The van der Waals surface area contributed by atoms with Gasteiger partial charge in [0, 0.05) is 50.3 Å². The Kier molecular flexibility index (Phi) is 5.75. The molecule has 0 spiro atoms. The van der Waals surface area contributed by atoms with Gasteiger partial charge in [-0.05, 0) is 54.9 Å². The van der Waals surface area contributed by atoms with Gasteiger partial charge < -0.3 is 10.1 Å². The maximum Gasteiger partial charge on any atom is 0.127 e. The number of halogens is 1. The second kappa shape index (κ2) is 8.40. The van der Waals surface area contributed by atoms with Crippen molar-refractivity contribution in [2.45, 2.75) is 19.0 Å². The van der Waals surface area contributed by atoms with Crippen LogP contribution in [0.2, 0.25) is 5.02 Å². The average Bonchev–Trinajstić information content (AvgIpc) is 3.19. The zero-order valence-electron chi connectivity index (χ0n) is 15.0. The molecule has 2 aromatic carbocycles. The minimum Gasteiger partial charge on any atom is -0.457 e. The van der Waals surface area contributed by atoms with Crippen molar-refractivity contribution in [3.8, 4) is 11.5 Å². The maximum absolute atomic E-state index is 5.96. The van der Waals surface area contributed by atoms with E-state index in [1.54, 1.807) is 0 Å². The Morgan fingerprint density at radius 3 is 2.54 bits per heavy atom. The molecule has 0 aromatic heterocycles. The van der Waals surface area contributed by atoms with Crippen LogP contribution in [-0.2, 0) is 6.54 Å². The molecule has 0 bridgehead atoms. The highest BCUT2D eigenvalue weighted by Crippen LogP contribution is 2.24. The zero-order valence-corrected chi connectivity index (χ0v) is 15.8. The Balaban J connectivity index is 1.32. The summed E-state index contributed by atoms with van der Waals surface area (Å²) in [6.07, 6.45) is 1.30. The van der Waals surface area contributed by atoms with Gasteiger partial charge >= 0.3 is 0 Å². The molecule has 0 radical (unpaired) electrons. The van der Waals surface area contributed by atoms with Gasteiger partial charge in [-0.25, -0.2) is 0 Å². The maximum atomic E-state index is 5.96. The number of hydrogen-bond acceptors (Lipinski definition) is 4. The average molecular weight is 372 g/mol. The van der Waals surface area contributed by atoms with Gasteiger partial charge in [0.25, 0.3) is 0 Å². The summed E-state index contributed by atoms with van der Waals surface area (Å²) in [6.45, 7) is 7.93. The monoisotopic (exact) mass is 371 g/mol. The normalized spacial score (nSPS) is 21.8. The third kappa shape index (κ3) is 4.57. The topological polar surface area (TPSA) is 27.7 Å². The van der Waals surface area contributed by atoms with Gasteiger partial charge in [-0.15, -0.1) is 0 Å². The van der Waals surface area contributed by atoms with Gasteiger partial charge in [0.2, 0.25) is 0 Å². The number of ether oxygens (including phenoxy) is 1. The fraction of sp³-hybridized carbons (Fsp3) is 0.429. The van der Waals surface area contributed by atoms with Gasteiger partial charge in [-0.3, -0.25) is 9.80 Å². The molecular formula is C21H26ClN3O. The minimum absolute atomic E-state index is 0.721. The van der Waals surface area contributed by atoms with Crippen molar-refractivity contribution < 1.29 is 4.74 Å². The zero-order chi connectivity index (χ0) is 17.8. The molecule has 0 amide bonds. The van der Waals surface area contributed by atoms with Crippen LogP contribution in [0, 0.1) is 0 Å². The van der Waals surface area contributed by atoms with Crippen LogP contribution in [0.1, 0.15) is 12.0 Å². The van der Waals surface area contributed by atoms with Gasteiger partial charge in [0.05, 0.1) is 0 Å². The minimum atomic E-state index is 0.721. The van der Waals surface area contributed by atoms with Crippen molar-refractivity contribution in [2.75, 3.05) is 39.3 Å². The Morgan fingerprint density at radius 1 is 1.00 bits per heavy atom. The smallest absolute Gasteiger partial charge is 0.127 e. The first-order chi connectivity index (χ1) is 12.8. The molecule has 2 heterocycles. The number of piperazine rings is 1. The van der Waals surface area contributed by atoms with Crippen LogP contribution in [0.3, 0.4) is 0 Å². The fourth-order valence-corrected chi connectivity index (χ4v) is 3.97. The molecule has 0 saturated carbocycles. The van der Waals surface area contributed by atoms with Crippen LogP contribution in [0.5, 0.6) is 11.5 Å². The van der Waals surface area contributed by atoms with Crippen LogP contribution in [0.15, 0.2) is 48.5 Å². The van der Waals surface area contributed by atoms with Gasteiger partial charge in [0.1, 0.15) is 11.5 Å². The summed E-state index contributed by atoms with van der Waals surface area (Å²) in [5, 5.41) is 4.19. The molecule has 2 saturated heterocycles. The number of rotatable bonds is 5. The fourth-order valence-electron chi connectivity index (χ4n) is 3.84. The Hall–Kier alpha value is -1.59. The van der Waals surface area contributed by atoms with Crippen LogP contribution in [-0.4, -0.2) is 55.1 Å². The standard InChI is InChI=1S/C21H26ClN3O/c22-18-4-6-20(7-5-18)26-21-3-1-2-17(14-21)16-24-10-12-25(13-11-24)19-8-9-23-15-19/h1-7,14,19,23H,8-13,15-16H2/t19-/m0/s1. The molecule has 2 aliphatic heterocycles. The van der Waals surface area contributed by atoms with E-state index in [9.17, 15) is 0 Å². The van der Waals surface area contributed by atoms with Crippen molar-refractivity contribution in [1.29, 1.82) is 0 Å². The molecule has 4 rings (SSSR count). The molecule has 4 nitrogen and oxygen atoms in total. The number of nitrogens with zero attached hydrogens (tertiary/aromatic N) is 2. The molecule has 1 atom stereocenters. The lowest BCUT2D eigenvalue weighted by molar-refractivity contribution is 0.0981. The van der Waals surface area contributed by atoms with E-state index < -0.39 is 0 Å². The second-order valence-electron chi connectivity index (χ2n) is 7.16. The van der Waals surface area contributed by atoms with Crippen LogP contribution in [0.25, 0.3) is 0 Å². The first-order valence-electron chi connectivity index (χ1n) is 9.46.